The summed E-state index contributed by atoms with van der Waals surface area (Å²) in [7, 11) is 1.82. The van der Waals surface area contributed by atoms with Crippen molar-refractivity contribution in [2.75, 3.05) is 53.0 Å². The Morgan fingerprint density at radius 2 is 1.83 bits per heavy atom. The highest BCUT2D eigenvalue weighted by Crippen LogP contribution is 1.98. The summed E-state index contributed by atoms with van der Waals surface area (Å²) in [6.07, 6.45) is 2.13. The summed E-state index contributed by atoms with van der Waals surface area (Å²) in [4.78, 5) is 6.72. The smallest absolute Gasteiger partial charge is 0.190 e. The highest BCUT2D eigenvalue weighted by atomic mass is 127. The van der Waals surface area contributed by atoms with Crippen molar-refractivity contribution in [3.63, 3.8) is 0 Å². The highest BCUT2D eigenvalue weighted by molar-refractivity contribution is 14.0. The lowest BCUT2D eigenvalue weighted by atomic mass is 10.1. The summed E-state index contributed by atoms with van der Waals surface area (Å²) < 4.78 is 5.36. The maximum atomic E-state index is 5.36. The summed E-state index contributed by atoms with van der Waals surface area (Å²) >= 11 is 0. The number of nitrogens with zero attached hydrogens (tertiary/aromatic N) is 2. The van der Waals surface area contributed by atoms with Crippen LogP contribution in [-0.2, 0) is 11.2 Å². The van der Waals surface area contributed by atoms with Gasteiger partial charge in [-0.15, -0.1) is 24.0 Å². The Morgan fingerprint density at radius 3 is 2.52 bits per heavy atom. The number of guanidine groups is 1. The van der Waals surface area contributed by atoms with Gasteiger partial charge in [0.05, 0.1) is 13.2 Å². The van der Waals surface area contributed by atoms with Crippen LogP contribution in [0.2, 0.25) is 0 Å². The van der Waals surface area contributed by atoms with E-state index >= 15 is 0 Å². The van der Waals surface area contributed by atoms with Crippen LogP contribution in [0.4, 0.5) is 0 Å². The second-order valence-corrected chi connectivity index (χ2v) is 5.47. The molecule has 130 valence electrons. The molecule has 1 aliphatic heterocycles. The van der Waals surface area contributed by atoms with E-state index in [9.17, 15) is 0 Å². The molecule has 1 aromatic rings. The summed E-state index contributed by atoms with van der Waals surface area (Å²) in [6, 6.07) is 10.5. The van der Waals surface area contributed by atoms with E-state index in [0.29, 0.717) is 0 Å². The summed E-state index contributed by atoms with van der Waals surface area (Å²) in [5.74, 6) is 0.887. The highest BCUT2D eigenvalue weighted by Gasteiger charge is 2.09. The normalized spacial score (nSPS) is 15.8. The maximum Gasteiger partial charge on any atom is 0.190 e. The fourth-order valence-electron chi connectivity index (χ4n) is 2.52. The Bertz CT molecular complexity index is 435. The molecule has 0 aliphatic carbocycles. The largest absolute Gasteiger partial charge is 0.379 e. The number of aliphatic imine (C=N–C) groups is 1. The minimum absolute atomic E-state index is 0. The third-order valence-electron chi connectivity index (χ3n) is 3.82. The second-order valence-electron chi connectivity index (χ2n) is 5.47. The van der Waals surface area contributed by atoms with Gasteiger partial charge < -0.3 is 15.4 Å². The molecule has 1 aliphatic rings. The van der Waals surface area contributed by atoms with E-state index in [1.807, 2.05) is 13.1 Å². The molecule has 0 saturated carbocycles. The molecule has 1 fully saturated rings. The van der Waals surface area contributed by atoms with Crippen molar-refractivity contribution in [3.05, 3.63) is 35.9 Å². The fraction of sp³-hybridized carbons (Fsp3) is 0.588. The van der Waals surface area contributed by atoms with Crippen LogP contribution in [0.25, 0.3) is 0 Å². The van der Waals surface area contributed by atoms with Gasteiger partial charge in [0.25, 0.3) is 0 Å². The molecule has 0 radical (unpaired) electrons. The van der Waals surface area contributed by atoms with Gasteiger partial charge in [0.2, 0.25) is 0 Å². The monoisotopic (exact) mass is 432 g/mol. The number of nitrogens with one attached hydrogen (secondary N) is 2. The number of hydrogen-bond donors (Lipinski definition) is 2. The van der Waals surface area contributed by atoms with Gasteiger partial charge in [-0.2, -0.15) is 0 Å². The van der Waals surface area contributed by atoms with Gasteiger partial charge in [-0.05, 0) is 24.9 Å². The number of benzene rings is 1. The van der Waals surface area contributed by atoms with E-state index in [1.54, 1.807) is 0 Å². The van der Waals surface area contributed by atoms with Crippen molar-refractivity contribution in [3.8, 4) is 0 Å². The lowest BCUT2D eigenvalue weighted by Crippen LogP contribution is -2.41. The zero-order valence-electron chi connectivity index (χ0n) is 14.0. The second kappa shape index (κ2) is 12.5. The average molecular weight is 432 g/mol. The Labute approximate surface area is 156 Å². The quantitative estimate of drug-likeness (QED) is 0.298. The minimum Gasteiger partial charge on any atom is -0.379 e. The van der Waals surface area contributed by atoms with Crippen LogP contribution in [0.3, 0.4) is 0 Å². The van der Waals surface area contributed by atoms with Crippen molar-refractivity contribution in [2.45, 2.75) is 12.8 Å². The van der Waals surface area contributed by atoms with Gasteiger partial charge in [0.15, 0.2) is 5.96 Å². The number of morpholine rings is 1. The Morgan fingerprint density at radius 1 is 1.13 bits per heavy atom. The van der Waals surface area contributed by atoms with Crippen LogP contribution >= 0.6 is 24.0 Å². The molecule has 2 N–H and O–H groups in total. The fourth-order valence-corrected chi connectivity index (χ4v) is 2.52. The molecular weight excluding hydrogens is 403 g/mol. The Kier molecular flexibility index (Phi) is 11.0. The standard InChI is InChI=1S/C17H28N4O.HI/c1-18-17(20-10-8-16-6-3-2-4-7-16)19-9-5-11-21-12-14-22-15-13-21;/h2-4,6-7H,5,8-15H2,1H3,(H2,18,19,20);1H. The van der Waals surface area contributed by atoms with Gasteiger partial charge in [0, 0.05) is 33.2 Å². The lowest BCUT2D eigenvalue weighted by molar-refractivity contribution is 0.0376. The van der Waals surface area contributed by atoms with Crippen molar-refractivity contribution >= 4 is 29.9 Å². The van der Waals surface area contributed by atoms with Gasteiger partial charge >= 0.3 is 0 Å². The lowest BCUT2D eigenvalue weighted by Gasteiger charge is -2.26. The average Bonchev–Trinajstić information content (AvgIpc) is 2.59. The van der Waals surface area contributed by atoms with Gasteiger partial charge in [0.1, 0.15) is 0 Å². The summed E-state index contributed by atoms with van der Waals surface area (Å²) in [5.41, 5.74) is 1.35. The van der Waals surface area contributed by atoms with Crippen LogP contribution in [0, 0.1) is 0 Å². The predicted octanol–water partition coefficient (Wildman–Crippen LogP) is 1.73. The first-order valence-electron chi connectivity index (χ1n) is 8.17. The number of halogens is 1. The molecule has 0 unspecified atom stereocenters. The third-order valence-corrected chi connectivity index (χ3v) is 3.82. The van der Waals surface area contributed by atoms with E-state index in [4.69, 9.17) is 4.74 Å². The molecule has 1 heterocycles. The molecule has 0 spiro atoms. The number of ether oxygens (including phenoxy) is 1. The minimum atomic E-state index is 0. The van der Waals surface area contributed by atoms with Gasteiger partial charge in [-0.1, -0.05) is 30.3 Å². The molecule has 1 aromatic carbocycles. The van der Waals surface area contributed by atoms with Crippen molar-refractivity contribution in [2.24, 2.45) is 4.99 Å². The molecule has 0 bridgehead atoms. The molecule has 2 rings (SSSR count). The molecular formula is C17H29IN4O. The molecule has 0 amide bonds. The zero-order chi connectivity index (χ0) is 15.5. The third kappa shape index (κ3) is 8.53. The van der Waals surface area contributed by atoms with E-state index in [0.717, 1.165) is 64.7 Å². The number of rotatable bonds is 7. The van der Waals surface area contributed by atoms with Crippen LogP contribution in [0.5, 0.6) is 0 Å². The van der Waals surface area contributed by atoms with E-state index in [2.05, 4.69) is 44.8 Å². The Hall–Kier alpha value is -0.860. The van der Waals surface area contributed by atoms with E-state index in [1.165, 1.54) is 5.56 Å². The Balaban J connectivity index is 0.00000264. The van der Waals surface area contributed by atoms with Crippen molar-refractivity contribution < 1.29 is 4.74 Å². The molecule has 23 heavy (non-hydrogen) atoms. The SMILES string of the molecule is CN=C(NCCCN1CCOCC1)NCCc1ccccc1.I. The first kappa shape index (κ1) is 20.2. The molecule has 0 atom stereocenters. The molecule has 5 nitrogen and oxygen atoms in total. The van der Waals surface area contributed by atoms with Crippen molar-refractivity contribution in [1.29, 1.82) is 0 Å². The molecule has 0 aromatic heterocycles. The van der Waals surface area contributed by atoms with Gasteiger partial charge in [-0.3, -0.25) is 9.89 Å². The summed E-state index contributed by atoms with van der Waals surface area (Å²) in [6.45, 7) is 6.83. The number of hydrogen-bond acceptors (Lipinski definition) is 3. The predicted molar refractivity (Wildman–Crippen MR) is 107 cm³/mol. The first-order valence-corrected chi connectivity index (χ1v) is 8.17. The topological polar surface area (TPSA) is 48.9 Å². The van der Waals surface area contributed by atoms with E-state index < -0.39 is 0 Å². The molecule has 6 heteroatoms. The molecule has 1 saturated heterocycles. The van der Waals surface area contributed by atoms with Crippen LogP contribution in [-0.4, -0.2) is 63.8 Å². The van der Waals surface area contributed by atoms with E-state index in [-0.39, 0.29) is 24.0 Å². The van der Waals surface area contributed by atoms with Crippen LogP contribution in [0.1, 0.15) is 12.0 Å². The summed E-state index contributed by atoms with van der Waals surface area (Å²) in [5, 5.41) is 6.74. The van der Waals surface area contributed by atoms with Crippen molar-refractivity contribution in [1.82, 2.24) is 15.5 Å². The zero-order valence-corrected chi connectivity index (χ0v) is 16.3. The van der Waals surface area contributed by atoms with Crippen LogP contribution in [0.15, 0.2) is 35.3 Å². The maximum absolute atomic E-state index is 5.36. The van der Waals surface area contributed by atoms with Gasteiger partial charge in [-0.25, -0.2) is 0 Å². The first-order chi connectivity index (χ1) is 10.9. The van der Waals surface area contributed by atoms with Crippen LogP contribution < -0.4 is 10.6 Å².